The lowest BCUT2D eigenvalue weighted by Gasteiger charge is -2.17. The van der Waals surface area contributed by atoms with Crippen molar-refractivity contribution in [1.29, 1.82) is 0 Å². The van der Waals surface area contributed by atoms with Crippen LogP contribution in [0.1, 0.15) is 22.5 Å². The molecule has 1 saturated heterocycles. The summed E-state index contributed by atoms with van der Waals surface area (Å²) < 4.78 is 23.5. The van der Waals surface area contributed by atoms with E-state index in [0.29, 0.717) is 0 Å². The van der Waals surface area contributed by atoms with E-state index in [4.69, 9.17) is 9.47 Å². The second kappa shape index (κ2) is 5.77. The second-order valence-corrected chi connectivity index (χ2v) is 5.73. The number of benzene rings is 2. The Morgan fingerprint density at radius 3 is 2.29 bits per heavy atom. The Balaban J connectivity index is 1.91. The second-order valence-electron chi connectivity index (χ2n) is 4.65. The third kappa shape index (κ3) is 2.88. The van der Waals surface area contributed by atoms with Crippen LogP contribution in [-0.4, -0.2) is 12.4 Å². The number of cyclic esters (lactones) is 1. The minimum atomic E-state index is -0.406. The molecule has 2 atom stereocenters. The molecule has 3 nitrogen and oxygen atoms in total. The fourth-order valence-electron chi connectivity index (χ4n) is 2.29. The zero-order chi connectivity index (χ0) is 14.8. The number of ether oxygens (including phenoxy) is 2. The van der Waals surface area contributed by atoms with Crippen LogP contribution in [0.4, 0.5) is 9.18 Å². The Morgan fingerprint density at radius 1 is 1.05 bits per heavy atom. The Kier molecular flexibility index (Phi) is 3.84. The van der Waals surface area contributed by atoms with Crippen LogP contribution in [0.5, 0.6) is 5.75 Å². The van der Waals surface area contributed by atoms with Crippen LogP contribution in [-0.2, 0) is 4.74 Å². The Hall–Kier alpha value is -2.01. The largest absolute Gasteiger partial charge is 0.497 e. The number of hydrogen-bond acceptors (Lipinski definition) is 4. The Bertz CT molecular complexity index is 640. The van der Waals surface area contributed by atoms with Crippen LogP contribution >= 0.6 is 11.8 Å². The summed E-state index contributed by atoms with van der Waals surface area (Å²) in [5.41, 5.74) is 1.76. The fourth-order valence-corrected chi connectivity index (χ4v) is 3.29. The summed E-state index contributed by atoms with van der Waals surface area (Å²) in [7, 11) is 1.60. The maximum Gasteiger partial charge on any atom is 0.368 e. The van der Waals surface area contributed by atoms with Crippen LogP contribution in [0.25, 0.3) is 0 Å². The van der Waals surface area contributed by atoms with Gasteiger partial charge in [0.15, 0.2) is 0 Å². The lowest BCUT2D eigenvalue weighted by atomic mass is 10.0. The van der Waals surface area contributed by atoms with Gasteiger partial charge in [-0.1, -0.05) is 24.3 Å². The third-order valence-electron chi connectivity index (χ3n) is 3.36. The van der Waals surface area contributed by atoms with Crippen LogP contribution in [0.15, 0.2) is 48.5 Å². The quantitative estimate of drug-likeness (QED) is 0.782. The van der Waals surface area contributed by atoms with E-state index in [9.17, 15) is 9.18 Å². The molecular formula is C16H13FO3S. The molecule has 1 fully saturated rings. The highest BCUT2D eigenvalue weighted by atomic mass is 32.2. The zero-order valence-corrected chi connectivity index (χ0v) is 12.1. The molecule has 2 aromatic rings. The van der Waals surface area contributed by atoms with Crippen molar-refractivity contribution in [3.05, 3.63) is 65.5 Å². The van der Waals surface area contributed by atoms with E-state index in [1.54, 1.807) is 19.2 Å². The number of methoxy groups -OCH3 is 1. The fraction of sp³-hybridized carbons (Fsp3) is 0.188. The van der Waals surface area contributed by atoms with Gasteiger partial charge in [0, 0.05) is 0 Å². The average Bonchev–Trinajstić information content (AvgIpc) is 2.90. The predicted octanol–water partition coefficient (Wildman–Crippen LogP) is 4.50. The molecule has 21 heavy (non-hydrogen) atoms. The minimum Gasteiger partial charge on any atom is -0.497 e. The number of carbonyl (C=O) groups excluding carboxylic acids is 1. The molecule has 0 unspecified atom stereocenters. The summed E-state index contributed by atoms with van der Waals surface area (Å²) in [6.07, 6.45) is -0.406. The highest BCUT2D eigenvalue weighted by Crippen LogP contribution is 2.49. The number of thioether (sulfide) groups is 1. The molecule has 3 rings (SSSR count). The van der Waals surface area contributed by atoms with Crippen molar-refractivity contribution >= 4 is 17.1 Å². The molecule has 0 amide bonds. The van der Waals surface area contributed by atoms with E-state index >= 15 is 0 Å². The van der Waals surface area contributed by atoms with Crippen LogP contribution in [0.2, 0.25) is 0 Å². The molecule has 108 valence electrons. The molecular weight excluding hydrogens is 291 g/mol. The van der Waals surface area contributed by atoms with Gasteiger partial charge in [-0.15, -0.1) is 0 Å². The number of carbonyl (C=O) groups is 1. The molecule has 1 heterocycles. The first-order chi connectivity index (χ1) is 10.2. The van der Waals surface area contributed by atoms with Crippen molar-refractivity contribution in [3.63, 3.8) is 0 Å². The zero-order valence-electron chi connectivity index (χ0n) is 11.3. The molecule has 0 bridgehead atoms. The van der Waals surface area contributed by atoms with Gasteiger partial charge >= 0.3 is 5.30 Å². The number of rotatable bonds is 3. The molecule has 1 aliphatic rings. The molecule has 0 aromatic heterocycles. The molecule has 2 aromatic carbocycles. The molecule has 0 spiro atoms. The van der Waals surface area contributed by atoms with Crippen molar-refractivity contribution in [1.82, 2.24) is 0 Å². The van der Waals surface area contributed by atoms with Gasteiger partial charge in [0.05, 0.1) is 12.4 Å². The Morgan fingerprint density at radius 2 is 1.67 bits per heavy atom. The van der Waals surface area contributed by atoms with Gasteiger partial charge in [-0.3, -0.25) is 0 Å². The van der Waals surface area contributed by atoms with Crippen LogP contribution < -0.4 is 4.74 Å². The van der Waals surface area contributed by atoms with Crippen molar-refractivity contribution in [2.75, 3.05) is 7.11 Å². The van der Waals surface area contributed by atoms with E-state index in [-0.39, 0.29) is 16.4 Å². The molecule has 0 aliphatic carbocycles. The van der Waals surface area contributed by atoms with Crippen LogP contribution in [0, 0.1) is 5.82 Å². The smallest absolute Gasteiger partial charge is 0.368 e. The minimum absolute atomic E-state index is 0.145. The highest BCUT2D eigenvalue weighted by molar-refractivity contribution is 8.13. The monoisotopic (exact) mass is 304 g/mol. The summed E-state index contributed by atoms with van der Waals surface area (Å²) in [4.78, 5) is 11.6. The van der Waals surface area contributed by atoms with Gasteiger partial charge in [-0.2, -0.15) is 0 Å². The molecule has 5 heteroatoms. The van der Waals surface area contributed by atoms with Crippen molar-refractivity contribution < 1.29 is 18.7 Å². The standard InChI is InChI=1S/C16H13FO3S/c1-19-13-8-4-11(5-9-13)15-14(20-16(18)21-15)10-2-6-12(17)7-3-10/h2-9,14-15H,1H3/t14-,15+/m1/s1. The van der Waals surface area contributed by atoms with Gasteiger partial charge < -0.3 is 9.47 Å². The third-order valence-corrected chi connectivity index (χ3v) is 4.43. The maximum atomic E-state index is 13.0. The van der Waals surface area contributed by atoms with Crippen molar-refractivity contribution in [3.8, 4) is 5.75 Å². The maximum absolute atomic E-state index is 13.0. The van der Waals surface area contributed by atoms with Gasteiger partial charge in [-0.25, -0.2) is 9.18 Å². The molecule has 0 radical (unpaired) electrons. The number of halogens is 1. The van der Waals surface area contributed by atoms with Gasteiger partial charge in [0.2, 0.25) is 0 Å². The first-order valence-electron chi connectivity index (χ1n) is 6.44. The van der Waals surface area contributed by atoms with E-state index in [0.717, 1.165) is 28.6 Å². The molecule has 0 saturated carbocycles. The number of hydrogen-bond donors (Lipinski definition) is 0. The van der Waals surface area contributed by atoms with Crippen molar-refractivity contribution in [2.45, 2.75) is 11.4 Å². The van der Waals surface area contributed by atoms with Crippen LogP contribution in [0.3, 0.4) is 0 Å². The summed E-state index contributed by atoms with van der Waals surface area (Å²) in [6, 6.07) is 13.6. The van der Waals surface area contributed by atoms with E-state index in [1.165, 1.54) is 12.1 Å². The lowest BCUT2D eigenvalue weighted by Crippen LogP contribution is -2.05. The first-order valence-corrected chi connectivity index (χ1v) is 7.32. The van der Waals surface area contributed by atoms with Gasteiger partial charge in [0.1, 0.15) is 17.7 Å². The molecule has 1 aliphatic heterocycles. The summed E-state index contributed by atoms with van der Waals surface area (Å²) in [5.74, 6) is 0.448. The first kappa shape index (κ1) is 13.9. The average molecular weight is 304 g/mol. The van der Waals surface area contributed by atoms with E-state index in [1.807, 2.05) is 24.3 Å². The van der Waals surface area contributed by atoms with Gasteiger partial charge in [0.25, 0.3) is 0 Å². The van der Waals surface area contributed by atoms with E-state index in [2.05, 4.69) is 0 Å². The molecule has 0 N–H and O–H groups in total. The summed E-state index contributed by atoms with van der Waals surface area (Å²) in [5, 5.41) is -0.459. The topological polar surface area (TPSA) is 35.5 Å². The summed E-state index contributed by atoms with van der Waals surface area (Å²) >= 11 is 1.14. The van der Waals surface area contributed by atoms with Crippen molar-refractivity contribution in [2.24, 2.45) is 0 Å². The summed E-state index contributed by atoms with van der Waals surface area (Å²) in [6.45, 7) is 0. The SMILES string of the molecule is COc1ccc([C@@H]2SC(=O)O[C@@H]2c2ccc(F)cc2)cc1. The predicted molar refractivity (Wildman–Crippen MR) is 78.9 cm³/mol. The highest BCUT2D eigenvalue weighted by Gasteiger charge is 2.38. The Labute approximate surface area is 126 Å². The van der Waals surface area contributed by atoms with Gasteiger partial charge in [-0.05, 0) is 47.2 Å². The lowest BCUT2D eigenvalue weighted by molar-refractivity contribution is 0.133. The normalized spacial score (nSPS) is 21.1. The van der Waals surface area contributed by atoms with E-state index < -0.39 is 6.10 Å².